The lowest BCUT2D eigenvalue weighted by Crippen LogP contribution is -2.26. The summed E-state index contributed by atoms with van der Waals surface area (Å²) in [7, 11) is 0. The van der Waals surface area contributed by atoms with Gasteiger partial charge in [-0.1, -0.05) is 29.5 Å². The van der Waals surface area contributed by atoms with Crippen LogP contribution in [0.3, 0.4) is 0 Å². The molecule has 0 spiro atoms. The molecule has 17 heavy (non-hydrogen) atoms. The predicted molar refractivity (Wildman–Crippen MR) is 68.4 cm³/mol. The largest absolute Gasteiger partial charge is 0.356 e. The van der Waals surface area contributed by atoms with Crippen LogP contribution in [0.15, 0.2) is 28.6 Å². The highest BCUT2D eigenvalue weighted by atomic mass is 32.2. The maximum atomic E-state index is 11.0. The lowest BCUT2D eigenvalue weighted by molar-refractivity contribution is -0.150. The van der Waals surface area contributed by atoms with Crippen molar-refractivity contribution in [2.45, 2.75) is 10.8 Å². The van der Waals surface area contributed by atoms with E-state index in [9.17, 15) is 4.79 Å². The molecule has 0 fully saturated rings. The van der Waals surface area contributed by atoms with Crippen LogP contribution >= 0.6 is 23.1 Å². The van der Waals surface area contributed by atoms with Gasteiger partial charge in [-0.25, -0.2) is 10.8 Å². The van der Waals surface area contributed by atoms with Crippen LogP contribution in [0.25, 0.3) is 10.2 Å². The summed E-state index contributed by atoms with van der Waals surface area (Å²) in [6.45, 7) is 0. The summed E-state index contributed by atoms with van der Waals surface area (Å²) in [5.41, 5.74) is 2.86. The number of nitrogens with two attached hydrogens (primary N) is 1. The normalized spacial score (nSPS) is 10.6. The fourth-order valence-corrected chi connectivity index (χ4v) is 3.31. The van der Waals surface area contributed by atoms with Gasteiger partial charge in [-0.15, -0.1) is 11.3 Å². The number of carbonyl (C=O) groups excluding carboxylic acids is 1. The Morgan fingerprint density at radius 1 is 1.53 bits per heavy atom. The number of hydrazine groups is 1. The summed E-state index contributed by atoms with van der Waals surface area (Å²) >= 11 is 3.16. The molecule has 0 unspecified atom stereocenters. The van der Waals surface area contributed by atoms with E-state index in [0.717, 1.165) is 14.6 Å². The maximum Gasteiger partial charge on any atom is 0.327 e. The molecule has 0 saturated heterocycles. The van der Waals surface area contributed by atoms with Gasteiger partial charge < -0.3 is 4.84 Å². The Bertz CT molecular complexity index is 482. The highest BCUT2D eigenvalue weighted by Crippen LogP contribution is 2.29. The molecule has 0 aliphatic heterocycles. The van der Waals surface area contributed by atoms with Crippen LogP contribution in [0, 0.1) is 0 Å². The summed E-state index contributed by atoms with van der Waals surface area (Å²) in [6, 6.07) is 7.95. The number of para-hydroxylation sites is 1. The summed E-state index contributed by atoms with van der Waals surface area (Å²) in [5.74, 6) is 5.10. The SMILES string of the molecule is NNOC(=O)CCSc1nc2ccccc2s1. The first kappa shape index (κ1) is 12.3. The van der Waals surface area contributed by atoms with Gasteiger partial charge in [0, 0.05) is 5.75 Å². The van der Waals surface area contributed by atoms with Crippen molar-refractivity contribution < 1.29 is 9.63 Å². The Kier molecular flexibility index (Phi) is 4.32. The van der Waals surface area contributed by atoms with Crippen LogP contribution in [-0.2, 0) is 9.63 Å². The average Bonchev–Trinajstić information content (AvgIpc) is 2.71. The lowest BCUT2D eigenvalue weighted by atomic mass is 10.3. The Labute approximate surface area is 106 Å². The van der Waals surface area contributed by atoms with E-state index in [4.69, 9.17) is 5.84 Å². The number of thioether (sulfide) groups is 1. The molecule has 1 aromatic heterocycles. The number of benzene rings is 1. The predicted octanol–water partition coefficient (Wildman–Crippen LogP) is 1.70. The standard InChI is InChI=1S/C10H11N3O2S2/c11-13-15-9(14)5-6-16-10-12-7-3-1-2-4-8(7)17-10/h1-4,13H,5-6,11H2. The summed E-state index contributed by atoms with van der Waals surface area (Å²) < 4.78 is 2.11. The Balaban J connectivity index is 1.89. The van der Waals surface area contributed by atoms with Crippen molar-refractivity contribution in [2.75, 3.05) is 5.75 Å². The quantitative estimate of drug-likeness (QED) is 0.489. The Morgan fingerprint density at radius 3 is 3.12 bits per heavy atom. The molecule has 1 heterocycles. The molecule has 1 aromatic carbocycles. The van der Waals surface area contributed by atoms with E-state index < -0.39 is 0 Å². The third-order valence-corrected chi connectivity index (χ3v) is 4.16. The molecule has 7 heteroatoms. The van der Waals surface area contributed by atoms with Crippen molar-refractivity contribution in [3.63, 3.8) is 0 Å². The van der Waals surface area contributed by atoms with Crippen LogP contribution in [0.4, 0.5) is 0 Å². The molecule has 0 amide bonds. The van der Waals surface area contributed by atoms with Gasteiger partial charge in [0.05, 0.1) is 16.6 Å². The van der Waals surface area contributed by atoms with Crippen molar-refractivity contribution >= 4 is 39.3 Å². The zero-order chi connectivity index (χ0) is 12.1. The number of nitrogens with zero attached hydrogens (tertiary/aromatic N) is 1. The lowest BCUT2D eigenvalue weighted by Gasteiger charge is -1.99. The van der Waals surface area contributed by atoms with Gasteiger partial charge in [0.1, 0.15) is 0 Å². The second-order valence-electron chi connectivity index (χ2n) is 3.14. The zero-order valence-electron chi connectivity index (χ0n) is 8.88. The topological polar surface area (TPSA) is 77.2 Å². The molecule has 0 atom stereocenters. The van der Waals surface area contributed by atoms with Gasteiger partial charge in [-0.2, -0.15) is 0 Å². The van der Waals surface area contributed by atoms with Crippen molar-refractivity contribution in [1.29, 1.82) is 0 Å². The highest BCUT2D eigenvalue weighted by Gasteiger charge is 2.06. The third kappa shape index (κ3) is 3.40. The number of aromatic nitrogens is 1. The van der Waals surface area contributed by atoms with E-state index in [1.165, 1.54) is 11.8 Å². The monoisotopic (exact) mass is 269 g/mol. The fourth-order valence-electron chi connectivity index (χ4n) is 1.25. The molecular weight excluding hydrogens is 258 g/mol. The van der Waals surface area contributed by atoms with Gasteiger partial charge in [0.15, 0.2) is 4.34 Å². The molecule has 0 aliphatic carbocycles. The molecule has 0 bridgehead atoms. The van der Waals surface area contributed by atoms with E-state index >= 15 is 0 Å². The summed E-state index contributed by atoms with van der Waals surface area (Å²) in [4.78, 5) is 19.9. The summed E-state index contributed by atoms with van der Waals surface area (Å²) in [6.07, 6.45) is 0.296. The minimum Gasteiger partial charge on any atom is -0.356 e. The van der Waals surface area contributed by atoms with Gasteiger partial charge in [0.25, 0.3) is 0 Å². The van der Waals surface area contributed by atoms with Crippen LogP contribution < -0.4 is 11.4 Å². The second kappa shape index (κ2) is 5.97. The first-order valence-electron chi connectivity index (χ1n) is 4.93. The average molecular weight is 269 g/mol. The van der Waals surface area contributed by atoms with Crippen LogP contribution in [-0.4, -0.2) is 16.7 Å². The highest BCUT2D eigenvalue weighted by molar-refractivity contribution is 8.01. The van der Waals surface area contributed by atoms with Gasteiger partial charge in [0.2, 0.25) is 0 Å². The maximum absolute atomic E-state index is 11.0. The fraction of sp³-hybridized carbons (Fsp3) is 0.200. The second-order valence-corrected chi connectivity index (χ2v) is 5.51. The van der Waals surface area contributed by atoms with E-state index in [2.05, 4.69) is 9.82 Å². The molecular formula is C10H11N3O2S2. The molecule has 2 rings (SSSR count). The van der Waals surface area contributed by atoms with Crippen molar-refractivity contribution in [2.24, 2.45) is 5.84 Å². The van der Waals surface area contributed by atoms with E-state index in [1.54, 1.807) is 11.3 Å². The van der Waals surface area contributed by atoms with E-state index in [0.29, 0.717) is 12.2 Å². The molecule has 0 saturated carbocycles. The summed E-state index contributed by atoms with van der Waals surface area (Å²) in [5, 5.41) is 0. The van der Waals surface area contributed by atoms with Gasteiger partial charge >= 0.3 is 5.97 Å². The smallest absolute Gasteiger partial charge is 0.327 e. The van der Waals surface area contributed by atoms with Crippen LogP contribution in [0.1, 0.15) is 6.42 Å². The minimum atomic E-state index is -0.374. The van der Waals surface area contributed by atoms with Gasteiger partial charge in [-0.05, 0) is 12.1 Å². The van der Waals surface area contributed by atoms with Crippen molar-refractivity contribution in [3.8, 4) is 0 Å². The van der Waals surface area contributed by atoms with Crippen LogP contribution in [0.2, 0.25) is 0 Å². The number of carbonyl (C=O) groups is 1. The molecule has 5 nitrogen and oxygen atoms in total. The van der Waals surface area contributed by atoms with Crippen molar-refractivity contribution in [3.05, 3.63) is 24.3 Å². The zero-order valence-corrected chi connectivity index (χ0v) is 10.5. The van der Waals surface area contributed by atoms with Crippen molar-refractivity contribution in [1.82, 2.24) is 10.6 Å². The minimum absolute atomic E-state index is 0.296. The number of rotatable bonds is 5. The van der Waals surface area contributed by atoms with E-state index in [1.807, 2.05) is 29.9 Å². The molecule has 0 aliphatic rings. The first-order valence-corrected chi connectivity index (χ1v) is 6.73. The Morgan fingerprint density at radius 2 is 2.35 bits per heavy atom. The molecule has 3 N–H and O–H groups in total. The number of thiazole rings is 1. The number of nitrogens with one attached hydrogen (secondary N) is 1. The Hall–Kier alpha value is -1.15. The number of hydrogen-bond donors (Lipinski definition) is 2. The third-order valence-electron chi connectivity index (χ3n) is 1.98. The first-order chi connectivity index (χ1) is 8.29. The molecule has 90 valence electrons. The van der Waals surface area contributed by atoms with Gasteiger partial charge in [-0.3, -0.25) is 4.79 Å². The van der Waals surface area contributed by atoms with Crippen LogP contribution in [0.5, 0.6) is 0 Å². The number of fused-ring (bicyclic) bond motifs is 1. The molecule has 0 radical (unpaired) electrons. The van der Waals surface area contributed by atoms with E-state index in [-0.39, 0.29) is 5.97 Å². The number of hydrogen-bond acceptors (Lipinski definition) is 7. The molecule has 2 aromatic rings.